The molecule has 3 rings (SSSR count). The highest BCUT2D eigenvalue weighted by Gasteiger charge is 2.08. The molecule has 0 aliphatic rings. The van der Waals surface area contributed by atoms with E-state index in [1.807, 2.05) is 0 Å². The summed E-state index contributed by atoms with van der Waals surface area (Å²) in [6.07, 6.45) is 1.07. The number of anilines is 1. The normalized spacial score (nSPS) is 11.5. The maximum atomic E-state index is 11.9. The van der Waals surface area contributed by atoms with E-state index in [1.165, 1.54) is 0 Å². The van der Waals surface area contributed by atoms with Gasteiger partial charge in [-0.2, -0.15) is 0 Å². The fraction of sp³-hybridized carbons (Fsp3) is 0.0667. The van der Waals surface area contributed by atoms with Crippen LogP contribution in [0.25, 0.3) is 22.4 Å². The molecule has 0 spiro atoms. The number of fused-ring (bicyclic) bond motifs is 1. The van der Waals surface area contributed by atoms with Crippen molar-refractivity contribution in [1.29, 1.82) is 0 Å². The first-order valence-electron chi connectivity index (χ1n) is 6.40. The van der Waals surface area contributed by atoms with Crippen molar-refractivity contribution < 1.29 is 12.8 Å². The molecule has 3 aromatic rings. The number of hydrogen-bond donors (Lipinski definition) is 1. The lowest BCUT2D eigenvalue weighted by Crippen LogP contribution is -2.09. The Morgan fingerprint density at radius 1 is 1.05 bits per heavy atom. The van der Waals surface area contributed by atoms with E-state index in [-0.39, 0.29) is 5.89 Å². The highest BCUT2D eigenvalue weighted by atomic mass is 32.2. The molecule has 1 heterocycles. The third kappa shape index (κ3) is 2.99. The van der Waals surface area contributed by atoms with Gasteiger partial charge in [0.25, 0.3) is 0 Å². The Labute approximate surface area is 126 Å². The third-order valence-corrected chi connectivity index (χ3v) is 3.58. The molecule has 1 N–H and O–H groups in total. The summed E-state index contributed by atoms with van der Waals surface area (Å²) in [6.45, 7) is 0. The lowest BCUT2D eigenvalue weighted by atomic mass is 10.2. The van der Waals surface area contributed by atoms with Gasteiger partial charge in [-0.3, -0.25) is 4.72 Å². The second-order valence-electron chi connectivity index (χ2n) is 4.78. The summed E-state index contributed by atoms with van der Waals surface area (Å²) in [5.74, 6) is 0.189. The minimum absolute atomic E-state index is 0.189. The van der Waals surface area contributed by atoms with Crippen LogP contribution < -0.4 is 10.3 Å². The Hall–Kier alpha value is -2.67. The molecule has 0 atom stereocenters. The van der Waals surface area contributed by atoms with Crippen molar-refractivity contribution in [3.8, 4) is 11.5 Å². The second-order valence-corrected chi connectivity index (χ2v) is 6.52. The zero-order chi connectivity index (χ0) is 15.7. The van der Waals surface area contributed by atoms with E-state index in [1.54, 1.807) is 48.5 Å². The van der Waals surface area contributed by atoms with Crippen molar-refractivity contribution in [3.63, 3.8) is 0 Å². The van der Waals surface area contributed by atoms with Gasteiger partial charge >= 0.3 is 5.63 Å². The van der Waals surface area contributed by atoms with Crippen LogP contribution in [0, 0.1) is 0 Å². The highest BCUT2D eigenvalue weighted by molar-refractivity contribution is 7.92. The van der Waals surface area contributed by atoms with Gasteiger partial charge in [0.1, 0.15) is 0 Å². The number of nitrogens with zero attached hydrogens (tertiary/aromatic N) is 1. The number of para-hydroxylation sites is 1. The van der Waals surface area contributed by atoms with Crippen LogP contribution in [0.2, 0.25) is 0 Å². The first-order valence-corrected chi connectivity index (χ1v) is 8.30. The van der Waals surface area contributed by atoms with Crippen LogP contribution in [0.5, 0.6) is 0 Å². The number of hydrogen-bond acceptors (Lipinski definition) is 5. The number of sulfonamides is 1. The fourth-order valence-electron chi connectivity index (χ4n) is 2.04. The number of benzene rings is 2. The van der Waals surface area contributed by atoms with Gasteiger partial charge in [-0.15, -0.1) is 0 Å². The molecule has 0 radical (unpaired) electrons. The van der Waals surface area contributed by atoms with Gasteiger partial charge in [0.2, 0.25) is 15.9 Å². The van der Waals surface area contributed by atoms with Crippen LogP contribution in [0.4, 0.5) is 5.69 Å². The molecular weight excluding hydrogens is 304 g/mol. The zero-order valence-corrected chi connectivity index (χ0v) is 12.4. The summed E-state index contributed by atoms with van der Waals surface area (Å²) in [6, 6.07) is 13.3. The quantitative estimate of drug-likeness (QED) is 0.800. The number of aromatic nitrogens is 1. The van der Waals surface area contributed by atoms with Crippen LogP contribution in [-0.4, -0.2) is 19.7 Å². The van der Waals surface area contributed by atoms with Crippen molar-refractivity contribution in [1.82, 2.24) is 4.98 Å². The SMILES string of the molecule is CS(=O)(=O)Nc1ccc(-c2nc3ccccc3c(=O)o2)cc1. The smallest absolute Gasteiger partial charge is 0.347 e. The molecule has 0 bridgehead atoms. The minimum atomic E-state index is -3.33. The van der Waals surface area contributed by atoms with Crippen LogP contribution in [0.3, 0.4) is 0 Å². The number of rotatable bonds is 3. The van der Waals surface area contributed by atoms with Gasteiger partial charge < -0.3 is 4.42 Å². The van der Waals surface area contributed by atoms with Gasteiger partial charge in [-0.25, -0.2) is 18.2 Å². The van der Waals surface area contributed by atoms with Crippen LogP contribution in [0.1, 0.15) is 0 Å². The molecule has 0 saturated carbocycles. The lowest BCUT2D eigenvalue weighted by molar-refractivity contribution is 0.518. The minimum Gasteiger partial charge on any atom is -0.403 e. The molecule has 0 amide bonds. The lowest BCUT2D eigenvalue weighted by Gasteiger charge is -2.05. The molecule has 0 aliphatic heterocycles. The van der Waals surface area contributed by atoms with E-state index in [4.69, 9.17) is 4.42 Å². The summed E-state index contributed by atoms with van der Waals surface area (Å²) < 4.78 is 29.9. The zero-order valence-electron chi connectivity index (χ0n) is 11.6. The van der Waals surface area contributed by atoms with Gasteiger partial charge in [-0.05, 0) is 36.4 Å². The molecule has 112 valence electrons. The first-order chi connectivity index (χ1) is 10.4. The fourth-order valence-corrected chi connectivity index (χ4v) is 2.60. The van der Waals surface area contributed by atoms with Crippen LogP contribution in [-0.2, 0) is 10.0 Å². The molecule has 0 aliphatic carbocycles. The molecule has 2 aromatic carbocycles. The Bertz CT molecular complexity index is 992. The largest absolute Gasteiger partial charge is 0.403 e. The maximum absolute atomic E-state index is 11.9. The predicted octanol–water partition coefficient (Wildman–Crippen LogP) is 2.23. The van der Waals surface area contributed by atoms with Crippen molar-refractivity contribution in [2.45, 2.75) is 0 Å². The average molecular weight is 316 g/mol. The summed E-state index contributed by atoms with van der Waals surface area (Å²) in [4.78, 5) is 16.2. The van der Waals surface area contributed by atoms with E-state index >= 15 is 0 Å². The van der Waals surface area contributed by atoms with Gasteiger partial charge in [0, 0.05) is 11.3 Å². The van der Waals surface area contributed by atoms with E-state index < -0.39 is 15.6 Å². The summed E-state index contributed by atoms with van der Waals surface area (Å²) in [5, 5.41) is 0.418. The molecule has 0 saturated heterocycles. The molecule has 0 unspecified atom stereocenters. The monoisotopic (exact) mass is 316 g/mol. The third-order valence-electron chi connectivity index (χ3n) is 2.97. The molecule has 6 nitrogen and oxygen atoms in total. The molecule has 7 heteroatoms. The Kier molecular flexibility index (Phi) is 3.42. The van der Waals surface area contributed by atoms with Crippen LogP contribution in [0.15, 0.2) is 57.7 Å². The van der Waals surface area contributed by atoms with E-state index in [0.29, 0.717) is 22.2 Å². The molecule has 0 fully saturated rings. The predicted molar refractivity (Wildman–Crippen MR) is 84.2 cm³/mol. The molecular formula is C15H12N2O4S. The van der Waals surface area contributed by atoms with E-state index in [9.17, 15) is 13.2 Å². The van der Waals surface area contributed by atoms with Crippen molar-refractivity contribution in [2.24, 2.45) is 0 Å². The highest BCUT2D eigenvalue weighted by Crippen LogP contribution is 2.21. The topological polar surface area (TPSA) is 89.3 Å². The van der Waals surface area contributed by atoms with Crippen LogP contribution >= 0.6 is 0 Å². The van der Waals surface area contributed by atoms with Crippen molar-refractivity contribution >= 4 is 26.6 Å². The molecule has 1 aromatic heterocycles. The van der Waals surface area contributed by atoms with E-state index in [0.717, 1.165) is 6.26 Å². The maximum Gasteiger partial charge on any atom is 0.347 e. The average Bonchev–Trinajstić information content (AvgIpc) is 2.46. The van der Waals surface area contributed by atoms with Gasteiger partial charge in [0.05, 0.1) is 17.2 Å². The van der Waals surface area contributed by atoms with Crippen molar-refractivity contribution in [3.05, 3.63) is 59.0 Å². The van der Waals surface area contributed by atoms with Gasteiger partial charge in [-0.1, -0.05) is 12.1 Å². The summed E-state index contributed by atoms with van der Waals surface area (Å²) in [7, 11) is -3.33. The Morgan fingerprint density at radius 2 is 1.73 bits per heavy atom. The summed E-state index contributed by atoms with van der Waals surface area (Å²) >= 11 is 0. The molecule has 22 heavy (non-hydrogen) atoms. The Morgan fingerprint density at radius 3 is 2.41 bits per heavy atom. The number of nitrogens with one attached hydrogen (secondary N) is 1. The Balaban J connectivity index is 2.03. The van der Waals surface area contributed by atoms with Crippen molar-refractivity contribution in [2.75, 3.05) is 11.0 Å². The van der Waals surface area contributed by atoms with Gasteiger partial charge in [0.15, 0.2) is 0 Å². The van der Waals surface area contributed by atoms with E-state index in [2.05, 4.69) is 9.71 Å². The second kappa shape index (κ2) is 5.27. The summed E-state index contributed by atoms with van der Waals surface area (Å²) in [5.41, 5.74) is 1.10. The first kappa shape index (κ1) is 14.3. The standard InChI is InChI=1S/C15H12N2O4S/c1-22(19,20)17-11-8-6-10(7-9-11)14-16-13-5-3-2-4-12(13)15(18)21-14/h2-9,17H,1H3.